The van der Waals surface area contributed by atoms with E-state index in [0.717, 1.165) is 10.6 Å². The maximum absolute atomic E-state index is 12.7. The van der Waals surface area contributed by atoms with Gasteiger partial charge in [-0.1, -0.05) is 0 Å². The van der Waals surface area contributed by atoms with Crippen molar-refractivity contribution in [2.45, 2.75) is 56.7 Å². The Balaban J connectivity index is 1.83. The van der Waals surface area contributed by atoms with Gasteiger partial charge in [-0.3, -0.25) is 14.4 Å². The summed E-state index contributed by atoms with van der Waals surface area (Å²) in [5.74, 6) is 0.0950. The Morgan fingerprint density at radius 1 is 1.07 bits per heavy atom. The second-order valence-electron chi connectivity index (χ2n) is 7.23. The molecule has 0 spiro atoms. The number of nitrogens with zero attached hydrogens (tertiary/aromatic N) is 1. The van der Waals surface area contributed by atoms with E-state index in [1.165, 1.54) is 18.7 Å². The fraction of sp³-hybridized carbons (Fsp3) is 0.550. The van der Waals surface area contributed by atoms with Crippen molar-refractivity contribution in [3.05, 3.63) is 24.3 Å². The molecular formula is C20H29N3O3S. The van der Waals surface area contributed by atoms with Crippen LogP contribution in [-0.2, 0) is 14.4 Å². The van der Waals surface area contributed by atoms with Crippen molar-refractivity contribution in [2.24, 2.45) is 5.92 Å². The number of carbonyl (C=O) groups is 3. The third kappa shape index (κ3) is 6.57. The summed E-state index contributed by atoms with van der Waals surface area (Å²) in [4.78, 5) is 38.7. The van der Waals surface area contributed by atoms with E-state index in [1.54, 1.807) is 0 Å². The van der Waals surface area contributed by atoms with Gasteiger partial charge >= 0.3 is 0 Å². The molecule has 2 rings (SSSR count). The summed E-state index contributed by atoms with van der Waals surface area (Å²) in [7, 11) is 0. The fourth-order valence-electron chi connectivity index (χ4n) is 3.10. The van der Waals surface area contributed by atoms with Gasteiger partial charge in [-0.2, -0.15) is 0 Å². The number of benzene rings is 1. The van der Waals surface area contributed by atoms with E-state index < -0.39 is 0 Å². The smallest absolute Gasteiger partial charge is 0.235 e. The van der Waals surface area contributed by atoms with Gasteiger partial charge in [0.05, 0.1) is 5.25 Å². The Morgan fingerprint density at radius 2 is 1.67 bits per heavy atom. The summed E-state index contributed by atoms with van der Waals surface area (Å²) in [6, 6.07) is 7.62. The molecule has 1 heterocycles. The van der Waals surface area contributed by atoms with Crippen molar-refractivity contribution in [1.29, 1.82) is 0 Å². The van der Waals surface area contributed by atoms with Crippen LogP contribution in [0.1, 0.15) is 40.5 Å². The van der Waals surface area contributed by atoms with E-state index in [-0.39, 0.29) is 34.9 Å². The molecule has 3 amide bonds. The van der Waals surface area contributed by atoms with Crippen LogP contribution in [0.2, 0.25) is 0 Å². The number of hydrogen-bond acceptors (Lipinski definition) is 4. The minimum absolute atomic E-state index is 0.000676. The van der Waals surface area contributed by atoms with Gasteiger partial charge in [-0.25, -0.2) is 0 Å². The number of amides is 3. The largest absolute Gasteiger partial charge is 0.354 e. The first-order valence-electron chi connectivity index (χ1n) is 9.39. The lowest BCUT2D eigenvalue weighted by Crippen LogP contribution is -2.46. The summed E-state index contributed by atoms with van der Waals surface area (Å²) in [6.07, 6.45) is 1.43. The molecule has 1 fully saturated rings. The molecule has 1 aliphatic rings. The lowest BCUT2D eigenvalue weighted by atomic mass is 9.95. The monoisotopic (exact) mass is 391 g/mol. The number of thioether (sulfide) groups is 1. The molecule has 0 bridgehead atoms. The fourth-order valence-corrected chi connectivity index (χ4v) is 4.05. The second kappa shape index (κ2) is 9.78. The van der Waals surface area contributed by atoms with Gasteiger partial charge in [0.15, 0.2) is 0 Å². The predicted octanol–water partition coefficient (Wildman–Crippen LogP) is 2.89. The third-order valence-corrected chi connectivity index (χ3v) is 5.54. The average Bonchev–Trinajstić information content (AvgIpc) is 2.62. The zero-order valence-corrected chi connectivity index (χ0v) is 17.3. The van der Waals surface area contributed by atoms with Crippen LogP contribution in [-0.4, -0.2) is 47.0 Å². The minimum Gasteiger partial charge on any atom is -0.354 e. The summed E-state index contributed by atoms with van der Waals surface area (Å²) < 4.78 is 0. The highest BCUT2D eigenvalue weighted by molar-refractivity contribution is 8.00. The van der Waals surface area contributed by atoms with Crippen molar-refractivity contribution in [1.82, 2.24) is 10.2 Å². The summed E-state index contributed by atoms with van der Waals surface area (Å²) in [5.41, 5.74) is 0.743. The first-order chi connectivity index (χ1) is 12.8. The van der Waals surface area contributed by atoms with E-state index in [0.29, 0.717) is 25.9 Å². The number of carbonyl (C=O) groups excluding carboxylic acids is 3. The third-order valence-electron chi connectivity index (χ3n) is 4.44. The maximum Gasteiger partial charge on any atom is 0.235 e. The van der Waals surface area contributed by atoms with Gasteiger partial charge in [0.1, 0.15) is 0 Å². The molecule has 1 unspecified atom stereocenters. The Hall–Kier alpha value is -2.02. The molecule has 1 aromatic rings. The van der Waals surface area contributed by atoms with E-state index in [9.17, 15) is 14.4 Å². The molecule has 1 aromatic carbocycles. The maximum atomic E-state index is 12.7. The highest BCUT2D eigenvalue weighted by Gasteiger charge is 2.29. The summed E-state index contributed by atoms with van der Waals surface area (Å²) >= 11 is 1.51. The van der Waals surface area contributed by atoms with Gasteiger partial charge in [0.25, 0.3) is 0 Å². The molecule has 2 N–H and O–H groups in total. The molecule has 0 saturated carbocycles. The SMILES string of the molecule is CC(=O)Nc1ccc(SC(C)C(=O)N2CCC(C(=O)NC(C)C)CC2)cc1. The molecule has 0 aromatic heterocycles. The number of rotatable bonds is 6. The van der Waals surface area contributed by atoms with E-state index >= 15 is 0 Å². The van der Waals surface area contributed by atoms with E-state index in [4.69, 9.17) is 0 Å². The quantitative estimate of drug-likeness (QED) is 0.731. The minimum atomic E-state index is -0.197. The molecule has 7 heteroatoms. The highest BCUT2D eigenvalue weighted by atomic mass is 32.2. The molecule has 0 radical (unpaired) electrons. The van der Waals surface area contributed by atoms with Crippen LogP contribution in [0.25, 0.3) is 0 Å². The van der Waals surface area contributed by atoms with Gasteiger partial charge in [-0.05, 0) is 57.9 Å². The van der Waals surface area contributed by atoms with Crippen LogP contribution in [0.4, 0.5) is 5.69 Å². The molecule has 1 atom stereocenters. The van der Waals surface area contributed by atoms with Crippen LogP contribution < -0.4 is 10.6 Å². The van der Waals surface area contributed by atoms with Gasteiger partial charge in [-0.15, -0.1) is 11.8 Å². The molecule has 148 valence electrons. The molecule has 6 nitrogen and oxygen atoms in total. The number of nitrogens with one attached hydrogen (secondary N) is 2. The molecule has 1 aliphatic heterocycles. The van der Waals surface area contributed by atoms with Crippen LogP contribution in [0.5, 0.6) is 0 Å². The van der Waals surface area contributed by atoms with Crippen LogP contribution >= 0.6 is 11.8 Å². The second-order valence-corrected chi connectivity index (χ2v) is 8.64. The van der Waals surface area contributed by atoms with Crippen molar-refractivity contribution in [3.63, 3.8) is 0 Å². The summed E-state index contributed by atoms with van der Waals surface area (Å²) in [5, 5.41) is 5.49. The van der Waals surface area contributed by atoms with Crippen LogP contribution in [0.3, 0.4) is 0 Å². The number of piperidine rings is 1. The van der Waals surface area contributed by atoms with Crippen molar-refractivity contribution < 1.29 is 14.4 Å². The summed E-state index contributed by atoms with van der Waals surface area (Å²) in [6.45, 7) is 8.55. The first-order valence-corrected chi connectivity index (χ1v) is 10.3. The lowest BCUT2D eigenvalue weighted by Gasteiger charge is -2.33. The van der Waals surface area contributed by atoms with E-state index in [2.05, 4.69) is 10.6 Å². The molecule has 1 saturated heterocycles. The Labute approximate surface area is 165 Å². The Kier molecular flexibility index (Phi) is 7.71. The van der Waals surface area contributed by atoms with Crippen molar-refractivity contribution in [2.75, 3.05) is 18.4 Å². The number of anilines is 1. The van der Waals surface area contributed by atoms with Gasteiger partial charge in [0, 0.05) is 42.6 Å². The highest BCUT2D eigenvalue weighted by Crippen LogP contribution is 2.27. The predicted molar refractivity (Wildman–Crippen MR) is 109 cm³/mol. The van der Waals surface area contributed by atoms with Gasteiger partial charge in [0.2, 0.25) is 17.7 Å². The van der Waals surface area contributed by atoms with Crippen LogP contribution in [0, 0.1) is 5.92 Å². The Bertz CT molecular complexity index is 668. The van der Waals surface area contributed by atoms with Crippen molar-refractivity contribution in [3.8, 4) is 0 Å². The molecular weight excluding hydrogens is 362 g/mol. The van der Waals surface area contributed by atoms with Crippen LogP contribution in [0.15, 0.2) is 29.2 Å². The van der Waals surface area contributed by atoms with Crippen molar-refractivity contribution >= 4 is 35.2 Å². The zero-order chi connectivity index (χ0) is 20.0. The Morgan fingerprint density at radius 3 is 2.19 bits per heavy atom. The topological polar surface area (TPSA) is 78.5 Å². The normalized spacial score (nSPS) is 16.1. The first kappa shape index (κ1) is 21.3. The lowest BCUT2D eigenvalue weighted by molar-refractivity contribution is -0.135. The molecule has 0 aliphatic carbocycles. The zero-order valence-electron chi connectivity index (χ0n) is 16.5. The average molecular weight is 392 g/mol. The molecule has 27 heavy (non-hydrogen) atoms. The standard InChI is InChI=1S/C20H29N3O3S/c1-13(2)21-19(25)16-9-11-23(12-10-16)20(26)14(3)27-18-7-5-17(6-8-18)22-15(4)24/h5-8,13-14,16H,9-12H2,1-4H3,(H,21,25)(H,22,24). The van der Waals surface area contributed by atoms with E-state index in [1.807, 2.05) is 49.9 Å². The number of hydrogen-bond donors (Lipinski definition) is 2. The number of likely N-dealkylation sites (tertiary alicyclic amines) is 1. The van der Waals surface area contributed by atoms with Gasteiger partial charge < -0.3 is 15.5 Å².